The maximum absolute atomic E-state index is 11.8. The average molecular weight is 317 g/mol. The first-order valence-electron chi connectivity index (χ1n) is 6.13. The van der Waals surface area contributed by atoms with Crippen LogP contribution in [0.25, 0.3) is 0 Å². The second-order valence-electron chi connectivity index (χ2n) is 4.57. The molecule has 7 heteroatoms. The Morgan fingerprint density at radius 1 is 1.50 bits per heavy atom. The van der Waals surface area contributed by atoms with Gasteiger partial charge in [0.15, 0.2) is 0 Å². The zero-order chi connectivity index (χ0) is 14.7. The monoisotopic (exact) mass is 316 g/mol. The highest BCUT2D eigenvalue weighted by molar-refractivity contribution is 6.43. The van der Waals surface area contributed by atoms with Gasteiger partial charge in [0.2, 0.25) is 5.91 Å². The molecule has 1 aromatic carbocycles. The van der Waals surface area contributed by atoms with E-state index in [0.29, 0.717) is 28.7 Å². The largest absolute Gasteiger partial charge is 0.444 e. The Bertz CT molecular complexity index is 536. The van der Waals surface area contributed by atoms with E-state index in [4.69, 9.17) is 27.9 Å². The number of carbonyl (C=O) groups is 2. The molecule has 1 heterocycles. The Morgan fingerprint density at radius 2 is 2.25 bits per heavy atom. The van der Waals surface area contributed by atoms with Crippen molar-refractivity contribution in [2.45, 2.75) is 18.9 Å². The van der Waals surface area contributed by atoms with E-state index in [1.54, 1.807) is 25.2 Å². The fourth-order valence-electron chi connectivity index (χ4n) is 1.91. The molecule has 0 spiro atoms. The van der Waals surface area contributed by atoms with Crippen molar-refractivity contribution in [2.24, 2.45) is 0 Å². The second kappa shape index (κ2) is 6.33. The zero-order valence-electron chi connectivity index (χ0n) is 10.9. The van der Waals surface area contributed by atoms with Crippen LogP contribution in [0.2, 0.25) is 10.0 Å². The molecule has 0 bridgehead atoms. The first kappa shape index (κ1) is 14.9. The second-order valence-corrected chi connectivity index (χ2v) is 5.36. The lowest BCUT2D eigenvalue weighted by Gasteiger charge is -2.10. The van der Waals surface area contributed by atoms with Crippen molar-refractivity contribution in [3.05, 3.63) is 28.2 Å². The zero-order valence-corrected chi connectivity index (χ0v) is 12.4. The molecule has 0 aromatic heterocycles. The van der Waals surface area contributed by atoms with Gasteiger partial charge in [-0.15, -0.1) is 0 Å². The predicted molar refractivity (Wildman–Crippen MR) is 77.2 cm³/mol. The number of rotatable bonds is 4. The van der Waals surface area contributed by atoms with Crippen LogP contribution in [0.5, 0.6) is 0 Å². The molecular formula is C13H14Cl2N2O3. The van der Waals surface area contributed by atoms with E-state index in [1.165, 1.54) is 4.90 Å². The fraction of sp³-hybridized carbons (Fsp3) is 0.385. The highest BCUT2D eigenvalue weighted by atomic mass is 35.5. The van der Waals surface area contributed by atoms with E-state index in [-0.39, 0.29) is 24.5 Å². The minimum atomic E-state index is -0.353. The lowest BCUT2D eigenvalue weighted by Crippen LogP contribution is -2.20. The Morgan fingerprint density at radius 3 is 2.90 bits per heavy atom. The van der Waals surface area contributed by atoms with Crippen molar-refractivity contribution in [3.8, 4) is 0 Å². The number of cyclic esters (lactones) is 1. The van der Waals surface area contributed by atoms with Crippen LogP contribution < -0.4 is 5.32 Å². The van der Waals surface area contributed by atoms with Gasteiger partial charge < -0.3 is 15.0 Å². The molecule has 1 atom stereocenters. The molecule has 2 rings (SSSR count). The maximum Gasteiger partial charge on any atom is 0.409 e. The summed E-state index contributed by atoms with van der Waals surface area (Å²) >= 11 is 11.8. The van der Waals surface area contributed by atoms with Crippen molar-refractivity contribution in [2.75, 3.05) is 18.9 Å². The van der Waals surface area contributed by atoms with Crippen LogP contribution in [0.1, 0.15) is 12.8 Å². The number of nitrogens with one attached hydrogen (secondary N) is 1. The van der Waals surface area contributed by atoms with Crippen molar-refractivity contribution >= 4 is 40.9 Å². The van der Waals surface area contributed by atoms with E-state index in [0.717, 1.165) is 0 Å². The van der Waals surface area contributed by atoms with Gasteiger partial charge >= 0.3 is 6.09 Å². The Labute approximate surface area is 126 Å². The number of carbonyl (C=O) groups excluding carboxylic acids is 2. The Balaban J connectivity index is 1.84. The minimum absolute atomic E-state index is 0.195. The number of hydrogen-bond acceptors (Lipinski definition) is 3. The molecule has 1 aliphatic heterocycles. The third-order valence-corrected chi connectivity index (χ3v) is 3.79. The molecule has 108 valence electrons. The molecule has 0 radical (unpaired) electrons. The summed E-state index contributed by atoms with van der Waals surface area (Å²) in [6.07, 6.45) is 0.121. The number of benzene rings is 1. The van der Waals surface area contributed by atoms with Gasteiger partial charge in [-0.25, -0.2) is 4.79 Å². The summed E-state index contributed by atoms with van der Waals surface area (Å²) in [7, 11) is 1.66. The van der Waals surface area contributed by atoms with E-state index in [1.807, 2.05) is 0 Å². The highest BCUT2D eigenvalue weighted by Crippen LogP contribution is 2.29. The number of amides is 2. The summed E-state index contributed by atoms with van der Waals surface area (Å²) in [5.41, 5.74) is 0.477. The predicted octanol–water partition coefficient (Wildman–Crippen LogP) is 3.16. The summed E-state index contributed by atoms with van der Waals surface area (Å²) in [4.78, 5) is 24.5. The standard InChI is InChI=1S/C13H14Cl2N2O3/c1-17-7-8(20-13(17)19)5-6-11(18)16-10-4-2-3-9(14)12(10)15/h2-4,8H,5-7H2,1H3,(H,16,18). The van der Waals surface area contributed by atoms with Gasteiger partial charge in [0.1, 0.15) is 6.10 Å². The number of ether oxygens (including phenoxy) is 1. The topological polar surface area (TPSA) is 58.6 Å². The number of nitrogens with zero attached hydrogens (tertiary/aromatic N) is 1. The van der Waals surface area contributed by atoms with Crippen molar-refractivity contribution < 1.29 is 14.3 Å². The van der Waals surface area contributed by atoms with Gasteiger partial charge in [-0.1, -0.05) is 29.3 Å². The molecule has 1 aliphatic rings. The van der Waals surface area contributed by atoms with Gasteiger partial charge in [-0.2, -0.15) is 0 Å². The van der Waals surface area contributed by atoms with Crippen molar-refractivity contribution in [1.82, 2.24) is 4.90 Å². The normalized spacial score (nSPS) is 18.1. The molecule has 2 amide bonds. The average Bonchev–Trinajstić information content (AvgIpc) is 2.72. The van der Waals surface area contributed by atoms with Gasteiger partial charge in [0.25, 0.3) is 0 Å². The molecule has 5 nitrogen and oxygen atoms in total. The molecule has 0 saturated carbocycles. The van der Waals surface area contributed by atoms with Gasteiger partial charge in [0.05, 0.1) is 22.3 Å². The third kappa shape index (κ3) is 3.55. The highest BCUT2D eigenvalue weighted by Gasteiger charge is 2.28. The van der Waals surface area contributed by atoms with Gasteiger partial charge in [-0.05, 0) is 18.6 Å². The smallest absolute Gasteiger partial charge is 0.409 e. The first-order valence-corrected chi connectivity index (χ1v) is 6.88. The van der Waals surface area contributed by atoms with Crippen molar-refractivity contribution in [1.29, 1.82) is 0 Å². The molecule has 1 saturated heterocycles. The summed E-state index contributed by atoms with van der Waals surface area (Å²) < 4.78 is 5.08. The fourth-order valence-corrected chi connectivity index (χ4v) is 2.25. The summed E-state index contributed by atoms with van der Waals surface area (Å²) in [6.45, 7) is 0.504. The maximum atomic E-state index is 11.8. The van der Waals surface area contributed by atoms with Crippen LogP contribution >= 0.6 is 23.2 Å². The Hall–Kier alpha value is -1.46. The summed E-state index contributed by atoms with van der Waals surface area (Å²) in [5, 5.41) is 3.39. The van der Waals surface area contributed by atoms with E-state index >= 15 is 0 Å². The van der Waals surface area contributed by atoms with Crippen LogP contribution in [-0.4, -0.2) is 36.6 Å². The molecule has 0 aliphatic carbocycles. The minimum Gasteiger partial charge on any atom is -0.444 e. The molecule has 1 N–H and O–H groups in total. The first-order chi connectivity index (χ1) is 9.47. The van der Waals surface area contributed by atoms with Gasteiger partial charge in [-0.3, -0.25) is 4.79 Å². The van der Waals surface area contributed by atoms with Crippen LogP contribution in [-0.2, 0) is 9.53 Å². The van der Waals surface area contributed by atoms with E-state index in [9.17, 15) is 9.59 Å². The number of likely N-dealkylation sites (N-methyl/N-ethyl adjacent to an activating group) is 1. The number of hydrogen-bond donors (Lipinski definition) is 1. The lowest BCUT2D eigenvalue weighted by atomic mass is 10.2. The van der Waals surface area contributed by atoms with Crippen LogP contribution in [0, 0.1) is 0 Å². The summed E-state index contributed by atoms with van der Waals surface area (Å²) in [6, 6.07) is 5.03. The van der Waals surface area contributed by atoms with Gasteiger partial charge in [0, 0.05) is 13.5 Å². The third-order valence-electron chi connectivity index (χ3n) is 2.98. The molecule has 20 heavy (non-hydrogen) atoms. The van der Waals surface area contributed by atoms with E-state index in [2.05, 4.69) is 5.32 Å². The molecular weight excluding hydrogens is 303 g/mol. The number of halogens is 2. The lowest BCUT2D eigenvalue weighted by molar-refractivity contribution is -0.116. The SMILES string of the molecule is CN1CC(CCC(=O)Nc2cccc(Cl)c2Cl)OC1=O. The van der Waals surface area contributed by atoms with Crippen LogP contribution in [0.4, 0.5) is 10.5 Å². The Kier molecular flexibility index (Phi) is 4.73. The van der Waals surface area contributed by atoms with E-state index < -0.39 is 0 Å². The van der Waals surface area contributed by atoms with Crippen LogP contribution in [0.3, 0.4) is 0 Å². The molecule has 1 aromatic rings. The summed E-state index contributed by atoms with van der Waals surface area (Å²) in [5.74, 6) is -0.195. The van der Waals surface area contributed by atoms with Crippen molar-refractivity contribution in [3.63, 3.8) is 0 Å². The quantitative estimate of drug-likeness (QED) is 0.928. The number of anilines is 1. The molecule has 1 unspecified atom stereocenters. The molecule has 1 fully saturated rings. The van der Waals surface area contributed by atoms with Crippen LogP contribution in [0.15, 0.2) is 18.2 Å².